The number of hydrogen-bond acceptors (Lipinski definition) is 5. The van der Waals surface area contributed by atoms with Crippen LogP contribution >= 0.6 is 0 Å². The average molecular weight is 384 g/mol. The number of aromatic nitrogens is 5. The number of halogens is 2. The van der Waals surface area contributed by atoms with E-state index in [0.29, 0.717) is 17.0 Å². The third-order valence-corrected chi connectivity index (χ3v) is 5.06. The second kappa shape index (κ2) is 6.83. The Labute approximate surface area is 158 Å². The fraction of sp³-hybridized carbons (Fsp3) is 0.316. The molecule has 2 N–H and O–H groups in total. The Morgan fingerprint density at radius 1 is 1.18 bits per heavy atom. The first-order valence-corrected chi connectivity index (χ1v) is 9.17. The molecule has 0 amide bonds. The Kier molecular flexibility index (Phi) is 4.16. The Hall–Kier alpha value is -3.07. The van der Waals surface area contributed by atoms with E-state index in [9.17, 15) is 8.78 Å². The van der Waals surface area contributed by atoms with E-state index < -0.39 is 6.61 Å². The molecule has 0 aliphatic carbocycles. The van der Waals surface area contributed by atoms with Gasteiger partial charge in [-0.15, -0.1) is 0 Å². The summed E-state index contributed by atoms with van der Waals surface area (Å²) in [5, 5.41) is 8.90. The summed E-state index contributed by atoms with van der Waals surface area (Å²) in [7, 11) is 0. The van der Waals surface area contributed by atoms with Gasteiger partial charge in [-0.1, -0.05) is 0 Å². The van der Waals surface area contributed by atoms with Crippen molar-refractivity contribution in [2.75, 3.05) is 13.1 Å². The predicted octanol–water partition coefficient (Wildman–Crippen LogP) is 3.50. The molecule has 1 aliphatic rings. The van der Waals surface area contributed by atoms with Crippen LogP contribution in [-0.4, -0.2) is 44.4 Å². The molecule has 1 fully saturated rings. The van der Waals surface area contributed by atoms with Gasteiger partial charge in [-0.2, -0.15) is 13.9 Å². The van der Waals surface area contributed by atoms with Gasteiger partial charge in [0.25, 0.3) is 0 Å². The third-order valence-electron chi connectivity index (χ3n) is 5.06. The van der Waals surface area contributed by atoms with Gasteiger partial charge in [0, 0.05) is 11.6 Å². The highest BCUT2D eigenvalue weighted by molar-refractivity contribution is 5.94. The molecular weight excluding hydrogens is 366 g/mol. The summed E-state index contributed by atoms with van der Waals surface area (Å²) in [4.78, 5) is 12.0. The van der Waals surface area contributed by atoms with Gasteiger partial charge in [0.1, 0.15) is 22.7 Å². The van der Waals surface area contributed by atoms with Gasteiger partial charge in [0.05, 0.1) is 17.8 Å². The number of nitrogens with zero attached hydrogens (tertiary/aromatic N) is 4. The normalized spacial score (nSPS) is 15.7. The van der Waals surface area contributed by atoms with E-state index in [1.807, 2.05) is 10.7 Å². The summed E-state index contributed by atoms with van der Waals surface area (Å²) in [5.74, 6) is 0.101. The van der Waals surface area contributed by atoms with Gasteiger partial charge in [-0.05, 0) is 50.2 Å². The number of alkyl halides is 2. The zero-order chi connectivity index (χ0) is 19.1. The van der Waals surface area contributed by atoms with Crippen LogP contribution in [0.1, 0.15) is 18.9 Å². The number of benzene rings is 1. The Bertz CT molecular complexity index is 1130. The van der Waals surface area contributed by atoms with Gasteiger partial charge < -0.3 is 15.0 Å². The second-order valence-corrected chi connectivity index (χ2v) is 6.80. The second-order valence-electron chi connectivity index (χ2n) is 6.80. The van der Waals surface area contributed by atoms with Crippen LogP contribution in [0.5, 0.6) is 5.75 Å². The van der Waals surface area contributed by atoms with Crippen molar-refractivity contribution in [3.8, 4) is 17.1 Å². The number of hydrogen-bond donors (Lipinski definition) is 2. The van der Waals surface area contributed by atoms with Crippen molar-refractivity contribution in [3.05, 3.63) is 36.7 Å². The number of aromatic amines is 1. The van der Waals surface area contributed by atoms with E-state index in [1.165, 1.54) is 0 Å². The predicted molar refractivity (Wildman–Crippen MR) is 100 cm³/mol. The highest BCUT2D eigenvalue weighted by Gasteiger charge is 2.22. The van der Waals surface area contributed by atoms with E-state index in [4.69, 9.17) is 5.10 Å². The van der Waals surface area contributed by atoms with Crippen molar-refractivity contribution in [2.24, 2.45) is 0 Å². The van der Waals surface area contributed by atoms with Gasteiger partial charge in [-0.25, -0.2) is 9.97 Å². The van der Waals surface area contributed by atoms with Crippen LogP contribution in [0.4, 0.5) is 8.78 Å². The molecule has 144 valence electrons. The molecular formula is C19H18F2N6O. The van der Waals surface area contributed by atoms with E-state index in [-0.39, 0.29) is 11.8 Å². The molecule has 1 aromatic carbocycles. The molecule has 7 nitrogen and oxygen atoms in total. The van der Waals surface area contributed by atoms with Crippen LogP contribution in [0.15, 0.2) is 36.7 Å². The molecule has 4 heterocycles. The number of rotatable bonds is 4. The molecule has 5 rings (SSSR count). The van der Waals surface area contributed by atoms with E-state index in [2.05, 4.69) is 25.0 Å². The van der Waals surface area contributed by atoms with Crippen LogP contribution in [0.25, 0.3) is 33.5 Å². The third kappa shape index (κ3) is 2.97. The molecule has 4 aromatic rings. The molecule has 9 heteroatoms. The molecule has 3 aromatic heterocycles. The topological polar surface area (TPSA) is 80.7 Å². The van der Waals surface area contributed by atoms with E-state index in [0.717, 1.165) is 42.4 Å². The molecule has 0 spiro atoms. The monoisotopic (exact) mass is 384 g/mol. The fourth-order valence-electron chi connectivity index (χ4n) is 3.76. The quantitative estimate of drug-likeness (QED) is 0.563. The Morgan fingerprint density at radius 3 is 2.86 bits per heavy atom. The van der Waals surface area contributed by atoms with Gasteiger partial charge in [-0.3, -0.25) is 4.68 Å². The minimum Gasteiger partial charge on any atom is -0.435 e. The highest BCUT2D eigenvalue weighted by Crippen LogP contribution is 2.34. The van der Waals surface area contributed by atoms with Crippen LogP contribution < -0.4 is 10.1 Å². The standard InChI is InChI=1S/C19H18F2N6O/c20-19(21)28-12-1-2-16-13(9-12)17(26-27(16)11-3-6-22-7-4-11)15-10-24-18-14(25-15)5-8-23-18/h1-2,5,8-11,19,22H,3-4,6-7H2,(H,23,24). The largest absolute Gasteiger partial charge is 0.435 e. The van der Waals surface area contributed by atoms with Crippen LogP contribution in [-0.2, 0) is 0 Å². The first kappa shape index (κ1) is 17.1. The summed E-state index contributed by atoms with van der Waals surface area (Å²) in [6.07, 6.45) is 5.32. The number of nitrogens with one attached hydrogen (secondary N) is 2. The van der Waals surface area contributed by atoms with Crippen LogP contribution in [0.2, 0.25) is 0 Å². The van der Waals surface area contributed by atoms with Gasteiger partial charge in [0.15, 0.2) is 5.65 Å². The maximum absolute atomic E-state index is 12.7. The minimum absolute atomic E-state index is 0.101. The van der Waals surface area contributed by atoms with Crippen molar-refractivity contribution < 1.29 is 13.5 Å². The molecule has 0 radical (unpaired) electrons. The SMILES string of the molecule is FC(F)Oc1ccc2c(c1)c(-c1cnc3[nH]ccc3n1)nn2C1CCNCC1. The molecule has 0 bridgehead atoms. The molecule has 28 heavy (non-hydrogen) atoms. The summed E-state index contributed by atoms with van der Waals surface area (Å²) in [6, 6.07) is 7.02. The Morgan fingerprint density at radius 2 is 2.04 bits per heavy atom. The van der Waals surface area contributed by atoms with Crippen molar-refractivity contribution in [1.82, 2.24) is 30.0 Å². The molecule has 0 unspecified atom stereocenters. The summed E-state index contributed by atoms with van der Waals surface area (Å²) in [5.41, 5.74) is 3.50. The lowest BCUT2D eigenvalue weighted by atomic mass is 10.1. The maximum Gasteiger partial charge on any atom is 0.387 e. The zero-order valence-electron chi connectivity index (χ0n) is 14.9. The molecule has 1 saturated heterocycles. The van der Waals surface area contributed by atoms with Crippen LogP contribution in [0, 0.1) is 0 Å². The first-order chi connectivity index (χ1) is 13.7. The van der Waals surface area contributed by atoms with Gasteiger partial charge in [0.2, 0.25) is 0 Å². The van der Waals surface area contributed by atoms with Crippen molar-refractivity contribution in [2.45, 2.75) is 25.5 Å². The van der Waals surface area contributed by atoms with Crippen molar-refractivity contribution >= 4 is 22.1 Å². The van der Waals surface area contributed by atoms with E-state index >= 15 is 0 Å². The smallest absolute Gasteiger partial charge is 0.387 e. The van der Waals surface area contributed by atoms with E-state index in [1.54, 1.807) is 30.6 Å². The molecule has 0 atom stereocenters. The minimum atomic E-state index is -2.88. The summed E-state index contributed by atoms with van der Waals surface area (Å²) >= 11 is 0. The number of piperidine rings is 1. The maximum atomic E-state index is 12.7. The lowest BCUT2D eigenvalue weighted by molar-refractivity contribution is -0.0497. The zero-order valence-corrected chi connectivity index (χ0v) is 14.9. The molecule has 0 saturated carbocycles. The van der Waals surface area contributed by atoms with Crippen molar-refractivity contribution in [3.63, 3.8) is 0 Å². The van der Waals surface area contributed by atoms with Crippen molar-refractivity contribution in [1.29, 1.82) is 0 Å². The average Bonchev–Trinajstić information content (AvgIpc) is 3.32. The lowest BCUT2D eigenvalue weighted by Crippen LogP contribution is -2.29. The van der Waals surface area contributed by atoms with Crippen LogP contribution in [0.3, 0.4) is 0 Å². The summed E-state index contributed by atoms with van der Waals surface area (Å²) in [6.45, 7) is -1.04. The number of ether oxygens (including phenoxy) is 1. The first-order valence-electron chi connectivity index (χ1n) is 9.17. The summed E-state index contributed by atoms with van der Waals surface area (Å²) < 4.78 is 32.0. The fourth-order valence-corrected chi connectivity index (χ4v) is 3.76. The van der Waals surface area contributed by atoms with Gasteiger partial charge >= 0.3 is 6.61 Å². The molecule has 1 aliphatic heterocycles. The lowest BCUT2D eigenvalue weighted by Gasteiger charge is -2.23. The number of fused-ring (bicyclic) bond motifs is 2. The number of H-pyrrole nitrogens is 1. The Balaban J connectivity index is 1.68. The highest BCUT2D eigenvalue weighted by atomic mass is 19.3.